The molecule has 3 nitrogen and oxygen atoms in total. The SMILES string of the molecule is C=CC1CN(Cc2c3ccccc3cc3ccccc23)CCC1CC(C)C(O)c1ccnc2ccccc12. The maximum atomic E-state index is 11.4. The number of likely N-dealkylation sites (tertiary alicyclic amines) is 1. The molecule has 192 valence electrons. The standard InChI is InChI=1S/C35H36N2O/c1-3-25-22-37(23-33-29-12-6-4-10-27(29)21-28-11-5-7-13-30(28)33)19-17-26(25)20-24(2)35(38)32-16-18-36-34-15-9-8-14-31(32)34/h3-16,18,21,24-26,35,38H,1,17,19-20,22-23H2,2H3. The van der Waals surface area contributed by atoms with E-state index in [9.17, 15) is 5.11 Å². The Labute approximate surface area is 225 Å². The summed E-state index contributed by atoms with van der Waals surface area (Å²) in [4.78, 5) is 7.08. The van der Waals surface area contributed by atoms with E-state index in [1.54, 1.807) is 0 Å². The van der Waals surface area contributed by atoms with Gasteiger partial charge in [-0.15, -0.1) is 6.58 Å². The third kappa shape index (κ3) is 4.73. The first-order valence-corrected chi connectivity index (χ1v) is 13.9. The zero-order valence-electron chi connectivity index (χ0n) is 22.1. The first kappa shape index (κ1) is 24.8. The number of hydrogen-bond donors (Lipinski definition) is 1. The molecule has 1 saturated heterocycles. The molecule has 1 fully saturated rings. The lowest BCUT2D eigenvalue weighted by Crippen LogP contribution is -2.40. The predicted molar refractivity (Wildman–Crippen MR) is 159 cm³/mol. The fourth-order valence-electron chi connectivity index (χ4n) is 6.60. The van der Waals surface area contributed by atoms with Gasteiger partial charge in [0.25, 0.3) is 0 Å². The fraction of sp³-hybridized carbons (Fsp3) is 0.286. The number of benzene rings is 4. The van der Waals surface area contributed by atoms with Crippen LogP contribution < -0.4 is 0 Å². The maximum absolute atomic E-state index is 11.4. The number of fused-ring (bicyclic) bond motifs is 3. The van der Waals surface area contributed by atoms with E-state index in [-0.39, 0.29) is 5.92 Å². The van der Waals surface area contributed by atoms with Gasteiger partial charge in [0.1, 0.15) is 0 Å². The summed E-state index contributed by atoms with van der Waals surface area (Å²) in [6.07, 6.45) is 5.57. The monoisotopic (exact) mass is 500 g/mol. The van der Waals surface area contributed by atoms with E-state index < -0.39 is 6.10 Å². The lowest BCUT2D eigenvalue weighted by atomic mass is 9.77. The van der Waals surface area contributed by atoms with Crippen molar-refractivity contribution in [3.8, 4) is 0 Å². The highest BCUT2D eigenvalue weighted by atomic mass is 16.3. The summed E-state index contributed by atoms with van der Waals surface area (Å²) in [6, 6.07) is 29.9. The van der Waals surface area contributed by atoms with E-state index in [4.69, 9.17) is 0 Å². The molecular weight excluding hydrogens is 464 g/mol. The summed E-state index contributed by atoms with van der Waals surface area (Å²) < 4.78 is 0. The number of rotatable bonds is 7. The van der Waals surface area contributed by atoms with Gasteiger partial charge in [0.05, 0.1) is 11.6 Å². The van der Waals surface area contributed by atoms with Crippen LogP contribution in [-0.2, 0) is 6.54 Å². The van der Waals surface area contributed by atoms with Crippen LogP contribution in [0.4, 0.5) is 0 Å². The molecule has 2 heterocycles. The summed E-state index contributed by atoms with van der Waals surface area (Å²) in [6.45, 7) is 9.43. The number of hydrogen-bond acceptors (Lipinski definition) is 3. The molecule has 0 saturated carbocycles. The van der Waals surface area contributed by atoms with Crippen LogP contribution >= 0.6 is 0 Å². The Morgan fingerprint density at radius 3 is 2.32 bits per heavy atom. The number of para-hydroxylation sites is 1. The smallest absolute Gasteiger partial charge is 0.0822 e. The third-order valence-electron chi connectivity index (χ3n) is 8.67. The lowest BCUT2D eigenvalue weighted by Gasteiger charge is -2.39. The molecule has 4 atom stereocenters. The highest BCUT2D eigenvalue weighted by Crippen LogP contribution is 2.37. The second kappa shape index (κ2) is 10.7. The van der Waals surface area contributed by atoms with E-state index in [0.717, 1.165) is 48.9 Å². The number of nitrogens with zero attached hydrogens (tertiary/aromatic N) is 2. The summed E-state index contributed by atoms with van der Waals surface area (Å²) in [5.74, 6) is 1.08. The van der Waals surface area contributed by atoms with Crippen molar-refractivity contribution in [2.24, 2.45) is 17.8 Å². The van der Waals surface area contributed by atoms with Gasteiger partial charge in [-0.3, -0.25) is 9.88 Å². The number of piperidine rings is 1. The third-order valence-corrected chi connectivity index (χ3v) is 8.67. The second-order valence-electron chi connectivity index (χ2n) is 11.1. The van der Waals surface area contributed by atoms with Crippen molar-refractivity contribution < 1.29 is 5.11 Å². The van der Waals surface area contributed by atoms with E-state index in [2.05, 4.69) is 90.1 Å². The average Bonchev–Trinajstić information content (AvgIpc) is 2.97. The van der Waals surface area contributed by atoms with Crippen LogP contribution in [-0.4, -0.2) is 28.1 Å². The predicted octanol–water partition coefficient (Wildman–Crippen LogP) is 7.93. The van der Waals surface area contributed by atoms with Crippen LogP contribution in [0.2, 0.25) is 0 Å². The molecule has 1 aromatic heterocycles. The van der Waals surface area contributed by atoms with Gasteiger partial charge in [-0.25, -0.2) is 0 Å². The highest BCUT2D eigenvalue weighted by molar-refractivity contribution is 6.02. The van der Waals surface area contributed by atoms with E-state index >= 15 is 0 Å². The number of aromatic nitrogens is 1. The van der Waals surface area contributed by atoms with Gasteiger partial charge in [0, 0.05) is 24.7 Å². The number of aliphatic hydroxyl groups excluding tert-OH is 1. The molecular formula is C35H36N2O. The maximum Gasteiger partial charge on any atom is 0.0822 e. The molecule has 5 aromatic rings. The molecule has 0 radical (unpaired) electrons. The van der Waals surface area contributed by atoms with Crippen molar-refractivity contribution in [1.29, 1.82) is 0 Å². The summed E-state index contributed by atoms with van der Waals surface area (Å²) >= 11 is 0. The molecule has 1 N–H and O–H groups in total. The Morgan fingerprint density at radius 2 is 1.61 bits per heavy atom. The van der Waals surface area contributed by atoms with E-state index in [0.29, 0.717) is 11.8 Å². The van der Waals surface area contributed by atoms with Crippen LogP contribution in [0, 0.1) is 17.8 Å². The van der Waals surface area contributed by atoms with Gasteiger partial charge in [-0.1, -0.05) is 79.7 Å². The first-order valence-electron chi connectivity index (χ1n) is 13.9. The highest BCUT2D eigenvalue weighted by Gasteiger charge is 2.31. The summed E-state index contributed by atoms with van der Waals surface area (Å²) in [5.41, 5.74) is 3.35. The van der Waals surface area contributed by atoms with E-state index in [1.807, 2.05) is 30.5 Å². The molecule has 0 bridgehead atoms. The van der Waals surface area contributed by atoms with Crippen LogP contribution in [0.3, 0.4) is 0 Å². The van der Waals surface area contributed by atoms with Crippen molar-refractivity contribution in [2.45, 2.75) is 32.4 Å². The minimum Gasteiger partial charge on any atom is -0.388 e. The second-order valence-corrected chi connectivity index (χ2v) is 11.1. The fourth-order valence-corrected chi connectivity index (χ4v) is 6.60. The van der Waals surface area contributed by atoms with Crippen LogP contribution in [0.15, 0.2) is 104 Å². The zero-order valence-corrected chi connectivity index (χ0v) is 22.1. The largest absolute Gasteiger partial charge is 0.388 e. The van der Waals surface area contributed by atoms with Crippen molar-refractivity contribution >= 4 is 32.4 Å². The van der Waals surface area contributed by atoms with Gasteiger partial charge in [0.15, 0.2) is 0 Å². The summed E-state index contributed by atoms with van der Waals surface area (Å²) in [7, 11) is 0. The molecule has 1 aliphatic rings. The van der Waals surface area contributed by atoms with Gasteiger partial charge in [0.2, 0.25) is 0 Å². The Bertz CT molecular complexity index is 1530. The van der Waals surface area contributed by atoms with Crippen LogP contribution in [0.25, 0.3) is 32.4 Å². The summed E-state index contributed by atoms with van der Waals surface area (Å²) in [5, 5.41) is 17.7. The molecule has 0 amide bonds. The topological polar surface area (TPSA) is 36.4 Å². The Kier molecular flexibility index (Phi) is 6.97. The Hall–Kier alpha value is -3.53. The van der Waals surface area contributed by atoms with E-state index in [1.165, 1.54) is 27.1 Å². The van der Waals surface area contributed by atoms with Gasteiger partial charge in [-0.2, -0.15) is 0 Å². The van der Waals surface area contributed by atoms with Crippen molar-refractivity contribution in [2.75, 3.05) is 13.1 Å². The minimum atomic E-state index is -0.506. The normalized spacial score (nSPS) is 20.1. The molecule has 6 rings (SSSR count). The quantitative estimate of drug-likeness (QED) is 0.182. The molecule has 4 aromatic carbocycles. The minimum absolute atomic E-state index is 0.154. The Morgan fingerprint density at radius 1 is 0.947 bits per heavy atom. The lowest BCUT2D eigenvalue weighted by molar-refractivity contribution is 0.0724. The van der Waals surface area contributed by atoms with Crippen molar-refractivity contribution in [3.05, 3.63) is 115 Å². The van der Waals surface area contributed by atoms with Gasteiger partial charge in [-0.05, 0) is 88.0 Å². The molecule has 0 aliphatic carbocycles. The van der Waals surface area contributed by atoms with Crippen molar-refractivity contribution in [3.63, 3.8) is 0 Å². The average molecular weight is 501 g/mol. The van der Waals surface area contributed by atoms with Gasteiger partial charge >= 0.3 is 0 Å². The number of aliphatic hydroxyl groups is 1. The molecule has 38 heavy (non-hydrogen) atoms. The van der Waals surface area contributed by atoms with Crippen molar-refractivity contribution in [1.82, 2.24) is 9.88 Å². The van der Waals surface area contributed by atoms with Crippen LogP contribution in [0.5, 0.6) is 0 Å². The van der Waals surface area contributed by atoms with Crippen LogP contribution in [0.1, 0.15) is 37.0 Å². The Balaban J connectivity index is 1.19. The molecule has 1 aliphatic heterocycles. The van der Waals surface area contributed by atoms with Gasteiger partial charge < -0.3 is 5.11 Å². The molecule has 3 heteroatoms. The first-order chi connectivity index (χ1) is 18.6. The molecule has 0 spiro atoms. The molecule has 4 unspecified atom stereocenters. The number of pyridine rings is 1. The zero-order chi connectivity index (χ0) is 26.1.